The molecule has 0 heterocycles. The predicted molar refractivity (Wildman–Crippen MR) is 121 cm³/mol. The van der Waals surface area contributed by atoms with Gasteiger partial charge in [-0.25, -0.2) is 4.79 Å². The molecular weight excluding hydrogens is 424 g/mol. The molecule has 2 aliphatic rings. The van der Waals surface area contributed by atoms with E-state index in [1.54, 1.807) is 0 Å². The lowest BCUT2D eigenvalue weighted by atomic mass is 9.98. The Balaban J connectivity index is 1.24. The Kier molecular flexibility index (Phi) is 6.65. The number of carboxylic acids is 1. The SMILES string of the molecule is COC(CNC(=O)OCC1c2ccccc2-c2ccccc21)CC(=O)NCC1(C(=O)O)CC1. The lowest BCUT2D eigenvalue weighted by Gasteiger charge is -2.18. The molecule has 2 aliphatic carbocycles. The molecule has 0 spiro atoms. The number of ether oxygens (including phenoxy) is 2. The number of carbonyl (C=O) groups is 3. The smallest absolute Gasteiger partial charge is 0.407 e. The van der Waals surface area contributed by atoms with Gasteiger partial charge in [-0.05, 0) is 35.1 Å². The largest absolute Gasteiger partial charge is 0.481 e. The number of amides is 2. The summed E-state index contributed by atoms with van der Waals surface area (Å²) in [5, 5.41) is 14.5. The quantitative estimate of drug-likeness (QED) is 0.511. The Labute approximate surface area is 192 Å². The minimum Gasteiger partial charge on any atom is -0.481 e. The van der Waals surface area contributed by atoms with Gasteiger partial charge >= 0.3 is 12.1 Å². The van der Waals surface area contributed by atoms with Crippen molar-refractivity contribution in [1.82, 2.24) is 10.6 Å². The van der Waals surface area contributed by atoms with Crippen molar-refractivity contribution in [3.63, 3.8) is 0 Å². The molecule has 0 saturated heterocycles. The summed E-state index contributed by atoms with van der Waals surface area (Å²) < 4.78 is 10.8. The maximum Gasteiger partial charge on any atom is 0.407 e. The van der Waals surface area contributed by atoms with Crippen LogP contribution < -0.4 is 10.6 Å². The number of fused-ring (bicyclic) bond motifs is 3. The molecule has 1 atom stereocenters. The van der Waals surface area contributed by atoms with Crippen LogP contribution in [-0.4, -0.2) is 56.0 Å². The number of alkyl carbamates (subject to hydrolysis) is 1. The molecule has 2 aromatic carbocycles. The summed E-state index contributed by atoms with van der Waals surface area (Å²) in [7, 11) is 1.46. The molecule has 2 amide bonds. The van der Waals surface area contributed by atoms with Gasteiger partial charge in [-0.3, -0.25) is 9.59 Å². The van der Waals surface area contributed by atoms with Crippen molar-refractivity contribution >= 4 is 18.0 Å². The number of aliphatic carboxylic acids is 1. The van der Waals surface area contributed by atoms with Gasteiger partial charge in [0.1, 0.15) is 6.61 Å². The second kappa shape index (κ2) is 9.62. The van der Waals surface area contributed by atoms with Gasteiger partial charge in [0.05, 0.1) is 17.9 Å². The van der Waals surface area contributed by atoms with Crippen molar-refractivity contribution in [2.24, 2.45) is 5.41 Å². The summed E-state index contributed by atoms with van der Waals surface area (Å²) in [5.41, 5.74) is 3.75. The third kappa shape index (κ3) is 5.01. The van der Waals surface area contributed by atoms with E-state index in [0.29, 0.717) is 12.8 Å². The van der Waals surface area contributed by atoms with Crippen molar-refractivity contribution in [3.05, 3.63) is 59.7 Å². The molecule has 0 bridgehead atoms. The number of carbonyl (C=O) groups excluding carboxylic acids is 2. The summed E-state index contributed by atoms with van der Waals surface area (Å²) >= 11 is 0. The van der Waals surface area contributed by atoms with Gasteiger partial charge in [0, 0.05) is 26.1 Å². The molecule has 0 radical (unpaired) electrons. The fourth-order valence-electron chi connectivity index (χ4n) is 4.25. The Morgan fingerprint density at radius 3 is 2.18 bits per heavy atom. The van der Waals surface area contributed by atoms with Crippen molar-refractivity contribution in [3.8, 4) is 11.1 Å². The molecule has 1 saturated carbocycles. The summed E-state index contributed by atoms with van der Waals surface area (Å²) in [6.07, 6.45) is 0.0161. The third-order valence-electron chi connectivity index (χ3n) is 6.50. The highest BCUT2D eigenvalue weighted by Crippen LogP contribution is 2.45. The molecule has 1 fully saturated rings. The topological polar surface area (TPSA) is 114 Å². The zero-order chi connectivity index (χ0) is 23.4. The predicted octanol–water partition coefficient (Wildman–Crippen LogP) is 2.91. The molecule has 2 aromatic rings. The summed E-state index contributed by atoms with van der Waals surface area (Å²) in [6, 6.07) is 16.2. The molecule has 0 aliphatic heterocycles. The van der Waals surface area contributed by atoms with Crippen LogP contribution in [0.15, 0.2) is 48.5 Å². The average Bonchev–Trinajstić information content (AvgIpc) is 3.56. The number of carboxylic acid groups (broad SMARTS) is 1. The lowest BCUT2D eigenvalue weighted by molar-refractivity contribution is -0.143. The van der Waals surface area contributed by atoms with E-state index in [1.165, 1.54) is 7.11 Å². The van der Waals surface area contributed by atoms with Crippen LogP contribution in [0, 0.1) is 5.41 Å². The van der Waals surface area contributed by atoms with Crippen LogP contribution in [0.2, 0.25) is 0 Å². The molecule has 4 rings (SSSR count). The van der Waals surface area contributed by atoms with Crippen LogP contribution in [0.1, 0.15) is 36.3 Å². The van der Waals surface area contributed by atoms with Crippen LogP contribution in [-0.2, 0) is 19.1 Å². The van der Waals surface area contributed by atoms with Crippen molar-refractivity contribution in [2.75, 3.05) is 26.8 Å². The number of methoxy groups -OCH3 is 1. The minimum absolute atomic E-state index is 0.00978. The number of nitrogens with one attached hydrogen (secondary N) is 2. The van der Waals surface area contributed by atoms with Gasteiger partial charge in [-0.1, -0.05) is 48.5 Å². The monoisotopic (exact) mass is 452 g/mol. The molecule has 1 unspecified atom stereocenters. The van der Waals surface area contributed by atoms with Crippen LogP contribution in [0.5, 0.6) is 0 Å². The van der Waals surface area contributed by atoms with E-state index in [0.717, 1.165) is 22.3 Å². The van der Waals surface area contributed by atoms with E-state index in [2.05, 4.69) is 34.9 Å². The van der Waals surface area contributed by atoms with Crippen molar-refractivity contribution < 1.29 is 29.0 Å². The average molecular weight is 453 g/mol. The fraction of sp³-hybridized carbons (Fsp3) is 0.400. The number of rotatable bonds is 10. The van der Waals surface area contributed by atoms with Gasteiger partial charge in [-0.15, -0.1) is 0 Å². The van der Waals surface area contributed by atoms with Gasteiger partial charge in [0.2, 0.25) is 5.91 Å². The van der Waals surface area contributed by atoms with Gasteiger partial charge in [-0.2, -0.15) is 0 Å². The second-order valence-electron chi connectivity index (χ2n) is 8.63. The molecule has 0 aromatic heterocycles. The number of hydrogen-bond acceptors (Lipinski definition) is 5. The van der Waals surface area contributed by atoms with E-state index >= 15 is 0 Å². The summed E-state index contributed by atoms with van der Waals surface area (Å²) in [5.74, 6) is -1.23. The van der Waals surface area contributed by atoms with Crippen LogP contribution in [0.4, 0.5) is 4.79 Å². The Morgan fingerprint density at radius 1 is 1.03 bits per heavy atom. The maximum absolute atomic E-state index is 12.3. The Morgan fingerprint density at radius 2 is 1.64 bits per heavy atom. The molecule has 8 nitrogen and oxygen atoms in total. The minimum atomic E-state index is -0.886. The number of benzene rings is 2. The van der Waals surface area contributed by atoms with Crippen LogP contribution >= 0.6 is 0 Å². The van der Waals surface area contributed by atoms with E-state index in [9.17, 15) is 19.5 Å². The van der Waals surface area contributed by atoms with Crippen LogP contribution in [0.25, 0.3) is 11.1 Å². The third-order valence-corrected chi connectivity index (χ3v) is 6.50. The summed E-state index contributed by atoms with van der Waals surface area (Å²) in [6.45, 7) is 0.414. The first-order chi connectivity index (χ1) is 15.9. The fourth-order valence-corrected chi connectivity index (χ4v) is 4.25. The lowest BCUT2D eigenvalue weighted by Crippen LogP contribution is -2.39. The Bertz CT molecular complexity index is 1000. The maximum atomic E-state index is 12.3. The normalized spacial score (nSPS) is 16.3. The van der Waals surface area contributed by atoms with Gasteiger partial charge in [0.25, 0.3) is 0 Å². The molecule has 8 heteroatoms. The number of hydrogen-bond donors (Lipinski definition) is 3. The highest BCUT2D eigenvalue weighted by atomic mass is 16.5. The molecular formula is C25H28N2O6. The zero-order valence-corrected chi connectivity index (χ0v) is 18.5. The van der Waals surface area contributed by atoms with Crippen molar-refractivity contribution in [1.29, 1.82) is 0 Å². The van der Waals surface area contributed by atoms with E-state index in [-0.39, 0.29) is 37.9 Å². The van der Waals surface area contributed by atoms with Gasteiger partial charge < -0.3 is 25.2 Å². The van der Waals surface area contributed by atoms with Crippen LogP contribution in [0.3, 0.4) is 0 Å². The second-order valence-corrected chi connectivity index (χ2v) is 8.63. The molecule has 3 N–H and O–H groups in total. The van der Waals surface area contributed by atoms with Gasteiger partial charge in [0.15, 0.2) is 0 Å². The van der Waals surface area contributed by atoms with E-state index in [4.69, 9.17) is 9.47 Å². The summed E-state index contributed by atoms with van der Waals surface area (Å²) in [4.78, 5) is 35.7. The van der Waals surface area contributed by atoms with Crippen molar-refractivity contribution in [2.45, 2.75) is 31.3 Å². The highest BCUT2D eigenvalue weighted by molar-refractivity contribution is 5.81. The zero-order valence-electron chi connectivity index (χ0n) is 18.5. The first kappa shape index (κ1) is 22.8. The first-order valence-electron chi connectivity index (χ1n) is 11.1. The highest BCUT2D eigenvalue weighted by Gasteiger charge is 2.50. The molecule has 174 valence electrons. The first-order valence-corrected chi connectivity index (χ1v) is 11.1. The van der Waals surface area contributed by atoms with E-state index < -0.39 is 23.6 Å². The molecule has 33 heavy (non-hydrogen) atoms. The standard InChI is InChI=1S/C25H28N2O6/c1-32-16(12-22(28)27-15-25(10-11-25)23(29)30)13-26-24(31)33-14-21-19-8-4-2-6-17(19)18-7-3-5-9-20(18)21/h2-9,16,21H,10-15H2,1H3,(H,26,31)(H,27,28)(H,29,30). The Hall–Kier alpha value is -3.39. The van der Waals surface area contributed by atoms with E-state index in [1.807, 2.05) is 24.3 Å².